The third kappa shape index (κ3) is 4.21. The van der Waals surface area contributed by atoms with Crippen molar-refractivity contribution in [2.45, 2.75) is 13.0 Å². The normalized spacial score (nSPS) is 10.5. The highest BCUT2D eigenvalue weighted by Gasteiger charge is 2.11. The van der Waals surface area contributed by atoms with E-state index in [2.05, 4.69) is 21.2 Å². The zero-order valence-electron chi connectivity index (χ0n) is 12.7. The first-order chi connectivity index (χ1) is 10.7. The Balaban J connectivity index is 1.97. The van der Waals surface area contributed by atoms with Crippen molar-refractivity contribution in [2.75, 3.05) is 20.8 Å². The molecule has 5 heteroatoms. The SMILES string of the molecule is COc1cc(Br)cc(CNCCc2ccccc2F)c1OC. The van der Waals surface area contributed by atoms with Gasteiger partial charge in [0.2, 0.25) is 0 Å². The van der Waals surface area contributed by atoms with Crippen LogP contribution in [0, 0.1) is 5.82 Å². The van der Waals surface area contributed by atoms with Crippen molar-refractivity contribution in [1.82, 2.24) is 5.32 Å². The minimum atomic E-state index is -0.161. The van der Waals surface area contributed by atoms with Crippen LogP contribution >= 0.6 is 15.9 Å². The van der Waals surface area contributed by atoms with E-state index in [1.54, 1.807) is 26.4 Å². The second-order valence-electron chi connectivity index (χ2n) is 4.82. The van der Waals surface area contributed by atoms with E-state index in [1.165, 1.54) is 6.07 Å². The lowest BCUT2D eigenvalue weighted by atomic mass is 10.1. The van der Waals surface area contributed by atoms with Crippen LogP contribution in [-0.2, 0) is 13.0 Å². The van der Waals surface area contributed by atoms with Gasteiger partial charge in [0.1, 0.15) is 5.82 Å². The van der Waals surface area contributed by atoms with Crippen molar-refractivity contribution in [3.8, 4) is 11.5 Å². The molecule has 0 aliphatic carbocycles. The van der Waals surface area contributed by atoms with E-state index in [0.717, 1.165) is 10.0 Å². The van der Waals surface area contributed by atoms with Gasteiger partial charge in [0.25, 0.3) is 0 Å². The maximum absolute atomic E-state index is 13.5. The maximum Gasteiger partial charge on any atom is 0.165 e. The van der Waals surface area contributed by atoms with Gasteiger partial charge in [-0.3, -0.25) is 0 Å². The van der Waals surface area contributed by atoms with Crippen LogP contribution in [0.5, 0.6) is 11.5 Å². The first kappa shape index (κ1) is 16.8. The summed E-state index contributed by atoms with van der Waals surface area (Å²) in [4.78, 5) is 0. The molecule has 0 saturated carbocycles. The molecule has 0 heterocycles. The molecule has 0 aliphatic rings. The van der Waals surface area contributed by atoms with Crippen molar-refractivity contribution < 1.29 is 13.9 Å². The summed E-state index contributed by atoms with van der Waals surface area (Å²) in [6, 6.07) is 10.7. The monoisotopic (exact) mass is 367 g/mol. The minimum Gasteiger partial charge on any atom is -0.493 e. The summed E-state index contributed by atoms with van der Waals surface area (Å²) in [5.74, 6) is 1.23. The van der Waals surface area contributed by atoms with Crippen LogP contribution in [-0.4, -0.2) is 20.8 Å². The highest BCUT2D eigenvalue weighted by Crippen LogP contribution is 2.34. The number of hydrogen-bond acceptors (Lipinski definition) is 3. The molecule has 0 saturated heterocycles. The third-order valence-corrected chi connectivity index (χ3v) is 3.82. The van der Waals surface area contributed by atoms with Gasteiger partial charge in [-0.15, -0.1) is 0 Å². The molecule has 0 radical (unpaired) electrons. The fraction of sp³-hybridized carbons (Fsp3) is 0.294. The Morgan fingerprint density at radius 3 is 2.55 bits per heavy atom. The van der Waals surface area contributed by atoms with Gasteiger partial charge >= 0.3 is 0 Å². The fourth-order valence-electron chi connectivity index (χ4n) is 2.28. The quantitative estimate of drug-likeness (QED) is 0.751. The van der Waals surface area contributed by atoms with Gasteiger partial charge in [0.05, 0.1) is 14.2 Å². The molecule has 0 spiro atoms. The molecule has 3 nitrogen and oxygen atoms in total. The van der Waals surface area contributed by atoms with Crippen molar-refractivity contribution in [2.24, 2.45) is 0 Å². The first-order valence-electron chi connectivity index (χ1n) is 7.00. The molecule has 0 amide bonds. The van der Waals surface area contributed by atoms with Crippen LogP contribution in [0.1, 0.15) is 11.1 Å². The van der Waals surface area contributed by atoms with Crippen LogP contribution in [0.2, 0.25) is 0 Å². The zero-order chi connectivity index (χ0) is 15.9. The van der Waals surface area contributed by atoms with Crippen molar-refractivity contribution in [3.05, 3.63) is 57.8 Å². The molecule has 0 bridgehead atoms. The van der Waals surface area contributed by atoms with Crippen LogP contribution in [0.3, 0.4) is 0 Å². The zero-order valence-corrected chi connectivity index (χ0v) is 14.2. The molecule has 0 atom stereocenters. The first-order valence-corrected chi connectivity index (χ1v) is 7.79. The van der Waals surface area contributed by atoms with Crippen molar-refractivity contribution in [1.29, 1.82) is 0 Å². The molecule has 0 aromatic heterocycles. The number of benzene rings is 2. The number of nitrogens with one attached hydrogen (secondary N) is 1. The Hall–Kier alpha value is -1.59. The molecule has 1 N–H and O–H groups in total. The van der Waals surface area contributed by atoms with E-state index in [4.69, 9.17) is 9.47 Å². The highest BCUT2D eigenvalue weighted by molar-refractivity contribution is 9.10. The summed E-state index contributed by atoms with van der Waals surface area (Å²) in [5, 5.41) is 3.31. The molecule has 0 aliphatic heterocycles. The van der Waals surface area contributed by atoms with Crippen LogP contribution in [0.25, 0.3) is 0 Å². The van der Waals surface area contributed by atoms with Gasteiger partial charge in [-0.2, -0.15) is 0 Å². The van der Waals surface area contributed by atoms with Crippen molar-refractivity contribution >= 4 is 15.9 Å². The predicted octanol–water partition coefficient (Wildman–Crippen LogP) is 3.94. The summed E-state index contributed by atoms with van der Waals surface area (Å²) in [5.41, 5.74) is 1.70. The Morgan fingerprint density at radius 1 is 1.09 bits per heavy atom. The highest BCUT2D eigenvalue weighted by atomic mass is 79.9. The Kier molecular flexibility index (Phi) is 6.21. The molecule has 0 fully saturated rings. The average Bonchev–Trinajstić information content (AvgIpc) is 2.52. The van der Waals surface area contributed by atoms with Gasteiger partial charge in [-0.25, -0.2) is 4.39 Å². The molecular formula is C17H19BrFNO2. The van der Waals surface area contributed by atoms with Crippen molar-refractivity contribution in [3.63, 3.8) is 0 Å². The van der Waals surface area contributed by atoms with Gasteiger partial charge in [-0.1, -0.05) is 34.1 Å². The topological polar surface area (TPSA) is 30.5 Å². The molecule has 2 aromatic carbocycles. The molecule has 22 heavy (non-hydrogen) atoms. The van der Waals surface area contributed by atoms with Crippen LogP contribution in [0.15, 0.2) is 40.9 Å². The smallest absolute Gasteiger partial charge is 0.165 e. The standard InChI is InChI=1S/C17H19BrFNO2/c1-21-16-10-14(18)9-13(17(16)22-2)11-20-8-7-12-5-3-4-6-15(12)19/h3-6,9-10,20H,7-8,11H2,1-2H3. The Bertz CT molecular complexity index is 634. The molecule has 118 valence electrons. The summed E-state index contributed by atoms with van der Waals surface area (Å²) < 4.78 is 25.2. The maximum atomic E-state index is 13.5. The van der Waals surface area contributed by atoms with Gasteiger partial charge in [0, 0.05) is 16.6 Å². The van der Waals surface area contributed by atoms with Gasteiger partial charge < -0.3 is 14.8 Å². The summed E-state index contributed by atoms with van der Waals surface area (Å²) in [6.07, 6.45) is 0.639. The minimum absolute atomic E-state index is 0.161. The second-order valence-corrected chi connectivity index (χ2v) is 5.73. The number of rotatable bonds is 7. The van der Waals surface area contributed by atoms with E-state index >= 15 is 0 Å². The molecular weight excluding hydrogens is 349 g/mol. The van der Waals surface area contributed by atoms with E-state index in [0.29, 0.717) is 36.6 Å². The predicted molar refractivity (Wildman–Crippen MR) is 89.1 cm³/mol. The van der Waals surface area contributed by atoms with E-state index in [-0.39, 0.29) is 5.82 Å². The van der Waals surface area contributed by atoms with Crippen LogP contribution < -0.4 is 14.8 Å². The third-order valence-electron chi connectivity index (χ3n) is 3.36. The van der Waals surface area contributed by atoms with E-state index < -0.39 is 0 Å². The summed E-state index contributed by atoms with van der Waals surface area (Å²) in [7, 11) is 3.23. The molecule has 2 rings (SSSR count). The number of ether oxygens (including phenoxy) is 2. The lowest BCUT2D eigenvalue weighted by Crippen LogP contribution is -2.17. The van der Waals surface area contributed by atoms with Gasteiger partial charge in [0.15, 0.2) is 11.5 Å². The Labute approximate surface area is 138 Å². The number of halogens is 2. The van der Waals surface area contributed by atoms with E-state index in [9.17, 15) is 4.39 Å². The second kappa shape index (κ2) is 8.15. The number of methoxy groups -OCH3 is 2. The average molecular weight is 368 g/mol. The fourth-order valence-corrected chi connectivity index (χ4v) is 2.77. The Morgan fingerprint density at radius 2 is 1.86 bits per heavy atom. The van der Waals surface area contributed by atoms with Crippen LogP contribution in [0.4, 0.5) is 4.39 Å². The number of hydrogen-bond donors (Lipinski definition) is 1. The largest absolute Gasteiger partial charge is 0.493 e. The molecule has 0 unspecified atom stereocenters. The summed E-state index contributed by atoms with van der Waals surface area (Å²) in [6.45, 7) is 1.30. The van der Waals surface area contributed by atoms with E-state index in [1.807, 2.05) is 18.2 Å². The lowest BCUT2D eigenvalue weighted by Gasteiger charge is -2.14. The van der Waals surface area contributed by atoms with Gasteiger partial charge in [-0.05, 0) is 36.7 Å². The summed E-state index contributed by atoms with van der Waals surface area (Å²) >= 11 is 3.46. The lowest BCUT2D eigenvalue weighted by molar-refractivity contribution is 0.350. The molecule has 2 aromatic rings.